The predicted molar refractivity (Wildman–Crippen MR) is 109 cm³/mol. The third-order valence-electron chi connectivity index (χ3n) is 6.30. The number of halogens is 1. The van der Waals surface area contributed by atoms with Crippen molar-refractivity contribution in [1.82, 2.24) is 24.7 Å². The molecule has 0 bridgehead atoms. The normalized spacial score (nSPS) is 18.3. The largest absolute Gasteiger partial charge is 0.494 e. The Hall–Kier alpha value is -2.71. The number of nitrogens with zero attached hydrogens (tertiary/aromatic N) is 5. The Balaban J connectivity index is 1.70. The van der Waals surface area contributed by atoms with Crippen molar-refractivity contribution in [3.63, 3.8) is 0 Å². The Labute approximate surface area is 174 Å². The van der Waals surface area contributed by atoms with Crippen molar-refractivity contribution in [2.75, 3.05) is 7.11 Å². The molecule has 2 aromatic rings. The van der Waals surface area contributed by atoms with Crippen LogP contribution in [0.2, 0.25) is 0 Å². The third kappa shape index (κ3) is 3.85. The van der Waals surface area contributed by atoms with Crippen molar-refractivity contribution in [3.8, 4) is 11.4 Å². The molecule has 0 spiro atoms. The molecule has 0 saturated heterocycles. The number of amides is 1. The highest BCUT2D eigenvalue weighted by atomic mass is 19.1. The molecule has 1 amide bonds. The zero-order chi connectivity index (χ0) is 21.1. The van der Waals surface area contributed by atoms with Crippen molar-refractivity contribution < 1.29 is 13.9 Å². The summed E-state index contributed by atoms with van der Waals surface area (Å²) in [6, 6.07) is 3.97. The molecule has 0 N–H and O–H groups in total. The Morgan fingerprint density at radius 1 is 1.03 bits per heavy atom. The van der Waals surface area contributed by atoms with Crippen LogP contribution in [-0.4, -0.2) is 49.9 Å². The molecule has 0 radical (unpaired) electrons. The lowest BCUT2D eigenvalue weighted by atomic mass is 9.89. The molecular weight excluding hydrogens is 389 g/mol. The Morgan fingerprint density at radius 2 is 1.63 bits per heavy atom. The molecule has 4 rings (SSSR count). The van der Waals surface area contributed by atoms with Gasteiger partial charge in [-0.2, -0.15) is 4.68 Å². The van der Waals surface area contributed by atoms with Gasteiger partial charge in [0.15, 0.2) is 5.82 Å². The Kier molecular flexibility index (Phi) is 6.15. The summed E-state index contributed by atoms with van der Waals surface area (Å²) in [7, 11) is 1.38. The van der Waals surface area contributed by atoms with Crippen LogP contribution in [0.1, 0.15) is 64.2 Å². The number of aromatic nitrogens is 4. The second-order valence-corrected chi connectivity index (χ2v) is 8.15. The highest BCUT2D eigenvalue weighted by molar-refractivity contribution is 5.76. The van der Waals surface area contributed by atoms with E-state index in [0.717, 1.165) is 60.7 Å². The summed E-state index contributed by atoms with van der Waals surface area (Å²) in [5.74, 6) is -0.527. The molecule has 30 heavy (non-hydrogen) atoms. The van der Waals surface area contributed by atoms with Crippen LogP contribution in [0.15, 0.2) is 23.0 Å². The molecule has 1 aromatic carbocycles. The van der Waals surface area contributed by atoms with E-state index in [0.29, 0.717) is 0 Å². The van der Waals surface area contributed by atoms with Gasteiger partial charge in [0.05, 0.1) is 7.11 Å². The zero-order valence-corrected chi connectivity index (χ0v) is 17.3. The van der Waals surface area contributed by atoms with E-state index in [1.165, 1.54) is 38.2 Å². The molecule has 8 nitrogen and oxygen atoms in total. The number of benzene rings is 1. The maximum atomic E-state index is 14.4. The number of ether oxygens (including phenoxy) is 1. The lowest BCUT2D eigenvalue weighted by Gasteiger charge is -2.41. The molecular formula is C21H28FN5O3. The van der Waals surface area contributed by atoms with E-state index in [1.54, 1.807) is 0 Å². The van der Waals surface area contributed by atoms with E-state index >= 15 is 0 Å². The van der Waals surface area contributed by atoms with Crippen LogP contribution in [-0.2, 0) is 0 Å². The SMILES string of the molecule is COc1cccc(F)c1-n1nnn(C(=O)N(C2CCCCC2)C2CCCCC2)c1=O. The van der Waals surface area contributed by atoms with Crippen LogP contribution >= 0.6 is 0 Å². The van der Waals surface area contributed by atoms with Gasteiger partial charge in [0.1, 0.15) is 11.4 Å². The van der Waals surface area contributed by atoms with Crippen molar-refractivity contribution in [1.29, 1.82) is 0 Å². The monoisotopic (exact) mass is 417 g/mol. The van der Waals surface area contributed by atoms with Gasteiger partial charge >= 0.3 is 11.7 Å². The average molecular weight is 417 g/mol. The number of methoxy groups -OCH3 is 1. The van der Waals surface area contributed by atoms with Crippen LogP contribution in [0.5, 0.6) is 5.75 Å². The highest BCUT2D eigenvalue weighted by Gasteiger charge is 2.35. The zero-order valence-electron chi connectivity index (χ0n) is 17.3. The molecule has 162 valence electrons. The van der Waals surface area contributed by atoms with Gasteiger partial charge in [0.2, 0.25) is 0 Å². The van der Waals surface area contributed by atoms with Crippen LogP contribution in [0.25, 0.3) is 5.69 Å². The fourth-order valence-corrected chi connectivity index (χ4v) is 4.81. The molecule has 1 heterocycles. The Morgan fingerprint density at radius 3 is 2.20 bits per heavy atom. The molecule has 9 heteroatoms. The highest BCUT2D eigenvalue weighted by Crippen LogP contribution is 2.30. The summed E-state index contributed by atoms with van der Waals surface area (Å²) < 4.78 is 21.2. The van der Waals surface area contributed by atoms with E-state index in [9.17, 15) is 14.0 Å². The van der Waals surface area contributed by atoms with E-state index in [-0.39, 0.29) is 23.5 Å². The minimum Gasteiger partial charge on any atom is -0.494 e. The van der Waals surface area contributed by atoms with Crippen molar-refractivity contribution in [2.45, 2.75) is 76.3 Å². The maximum Gasteiger partial charge on any atom is 0.377 e. The number of hydrogen-bond acceptors (Lipinski definition) is 5. The van der Waals surface area contributed by atoms with E-state index in [1.807, 2.05) is 4.90 Å². The molecule has 2 fully saturated rings. The lowest BCUT2D eigenvalue weighted by Crippen LogP contribution is -2.52. The van der Waals surface area contributed by atoms with Gasteiger partial charge in [-0.3, -0.25) is 0 Å². The first-order chi connectivity index (χ1) is 14.6. The first-order valence-corrected chi connectivity index (χ1v) is 10.8. The van der Waals surface area contributed by atoms with Gasteiger partial charge < -0.3 is 9.64 Å². The fraction of sp³-hybridized carbons (Fsp3) is 0.619. The Bertz CT molecular complexity index is 926. The second kappa shape index (κ2) is 8.97. The van der Waals surface area contributed by atoms with Gasteiger partial charge in [0, 0.05) is 12.1 Å². The summed E-state index contributed by atoms with van der Waals surface area (Å²) in [5.41, 5.74) is -0.939. The van der Waals surface area contributed by atoms with Crippen molar-refractivity contribution >= 4 is 6.03 Å². The van der Waals surface area contributed by atoms with Gasteiger partial charge in [-0.15, -0.1) is 4.68 Å². The number of rotatable bonds is 4. The third-order valence-corrected chi connectivity index (χ3v) is 6.30. The number of hydrogen-bond donors (Lipinski definition) is 0. The molecule has 0 aliphatic heterocycles. The molecule has 1 aromatic heterocycles. The maximum absolute atomic E-state index is 14.4. The molecule has 2 saturated carbocycles. The molecule has 2 aliphatic carbocycles. The topological polar surface area (TPSA) is 82.2 Å². The summed E-state index contributed by atoms with van der Waals surface area (Å²) >= 11 is 0. The van der Waals surface area contributed by atoms with Gasteiger partial charge in [0.25, 0.3) is 0 Å². The number of carbonyl (C=O) groups excluding carboxylic acids is 1. The summed E-state index contributed by atoms with van der Waals surface area (Å²) in [4.78, 5) is 28.4. The van der Waals surface area contributed by atoms with Gasteiger partial charge in [-0.1, -0.05) is 44.6 Å². The summed E-state index contributed by atoms with van der Waals surface area (Å²) in [5, 5.41) is 7.62. The van der Waals surface area contributed by atoms with E-state index in [4.69, 9.17) is 4.74 Å². The second-order valence-electron chi connectivity index (χ2n) is 8.15. The number of para-hydroxylation sites is 1. The van der Waals surface area contributed by atoms with Crippen molar-refractivity contribution in [3.05, 3.63) is 34.5 Å². The molecule has 0 atom stereocenters. The van der Waals surface area contributed by atoms with Crippen LogP contribution < -0.4 is 10.4 Å². The summed E-state index contributed by atoms with van der Waals surface area (Å²) in [6.07, 6.45) is 10.4. The average Bonchev–Trinajstić information content (AvgIpc) is 3.16. The minimum atomic E-state index is -0.792. The van der Waals surface area contributed by atoms with Gasteiger partial charge in [-0.25, -0.2) is 14.0 Å². The van der Waals surface area contributed by atoms with Crippen LogP contribution in [0.3, 0.4) is 0 Å². The van der Waals surface area contributed by atoms with E-state index < -0.39 is 17.5 Å². The van der Waals surface area contributed by atoms with Crippen LogP contribution in [0.4, 0.5) is 9.18 Å². The van der Waals surface area contributed by atoms with Crippen molar-refractivity contribution in [2.24, 2.45) is 0 Å². The standard InChI is InChI=1S/C21H28FN5O3/c1-30-18-14-8-13-17(22)19(18)26-21(29)27(24-23-26)20(28)25(15-9-4-2-5-10-15)16-11-6-3-7-12-16/h8,13-16H,2-7,9-12H2,1H3. The molecule has 0 unspecified atom stereocenters. The first kappa shape index (κ1) is 20.6. The minimum absolute atomic E-state index is 0.106. The van der Waals surface area contributed by atoms with Gasteiger partial charge in [-0.05, 0) is 48.2 Å². The molecule has 2 aliphatic rings. The number of tetrazole rings is 1. The van der Waals surface area contributed by atoms with Crippen LogP contribution in [0, 0.1) is 5.82 Å². The van der Waals surface area contributed by atoms with E-state index in [2.05, 4.69) is 10.4 Å². The summed E-state index contributed by atoms with van der Waals surface area (Å²) in [6.45, 7) is 0. The predicted octanol–water partition coefficient (Wildman–Crippen LogP) is 3.51. The quantitative estimate of drug-likeness (QED) is 0.711. The number of carbonyl (C=O) groups is 1. The smallest absolute Gasteiger partial charge is 0.377 e. The first-order valence-electron chi connectivity index (χ1n) is 10.8. The lowest BCUT2D eigenvalue weighted by molar-refractivity contribution is 0.103. The fourth-order valence-electron chi connectivity index (χ4n) is 4.81.